The maximum Gasteiger partial charge on any atom is 0.352 e. The number of carboxylic acid groups (broad SMARTS) is 1. The number of hydrogen-bond acceptors (Lipinski definition) is 3. The Morgan fingerprint density at radius 2 is 2.05 bits per heavy atom. The Balaban J connectivity index is 2.26. The number of rotatable bonds is 5. The minimum absolute atomic E-state index is 0.0928. The number of hydrogen-bond donors (Lipinski definition) is 2. The zero-order valence-corrected chi connectivity index (χ0v) is 12.6. The molecule has 0 saturated carbocycles. The van der Waals surface area contributed by atoms with Gasteiger partial charge in [-0.2, -0.15) is 4.31 Å². The third-order valence-corrected chi connectivity index (χ3v) is 5.10. The van der Waals surface area contributed by atoms with Gasteiger partial charge in [-0.1, -0.05) is 29.8 Å². The molecule has 0 aliphatic rings. The number of halogens is 1. The van der Waals surface area contributed by atoms with Gasteiger partial charge in [0, 0.05) is 24.8 Å². The Bertz CT molecular complexity index is 770. The van der Waals surface area contributed by atoms with E-state index in [4.69, 9.17) is 16.7 Å². The average Bonchev–Trinajstić information content (AvgIpc) is 2.91. The molecule has 0 unspecified atom stereocenters. The standard InChI is InChI=1S/C13H13ClN2O4S/c1-16(8-9-4-2-3-5-11(9)14)21(19,20)10-6-12(13(17)18)15-7-10/h2-7,15H,8H2,1H3,(H,17,18). The number of aromatic nitrogens is 1. The molecule has 112 valence electrons. The van der Waals surface area contributed by atoms with Crippen molar-refractivity contribution in [3.05, 3.63) is 52.8 Å². The third kappa shape index (κ3) is 3.26. The van der Waals surface area contributed by atoms with Crippen LogP contribution in [0.4, 0.5) is 0 Å². The molecular formula is C13H13ClN2O4S. The maximum atomic E-state index is 12.4. The molecule has 2 N–H and O–H groups in total. The Kier molecular flexibility index (Phi) is 4.36. The molecule has 1 aromatic heterocycles. The van der Waals surface area contributed by atoms with E-state index < -0.39 is 16.0 Å². The average molecular weight is 329 g/mol. The molecule has 0 aliphatic heterocycles. The molecule has 2 rings (SSSR count). The van der Waals surface area contributed by atoms with Gasteiger partial charge in [0.25, 0.3) is 0 Å². The van der Waals surface area contributed by atoms with Crippen LogP contribution in [0, 0.1) is 0 Å². The van der Waals surface area contributed by atoms with Gasteiger partial charge in [-0.15, -0.1) is 0 Å². The van der Waals surface area contributed by atoms with E-state index in [9.17, 15) is 13.2 Å². The lowest BCUT2D eigenvalue weighted by molar-refractivity contribution is 0.0691. The van der Waals surface area contributed by atoms with Crippen molar-refractivity contribution in [1.82, 2.24) is 9.29 Å². The minimum atomic E-state index is -3.79. The predicted molar refractivity (Wildman–Crippen MR) is 77.9 cm³/mol. The van der Waals surface area contributed by atoms with Crippen LogP contribution in [0.15, 0.2) is 41.4 Å². The molecule has 0 saturated heterocycles. The van der Waals surface area contributed by atoms with Crippen LogP contribution in [0.5, 0.6) is 0 Å². The lowest BCUT2D eigenvalue weighted by Crippen LogP contribution is -2.26. The van der Waals surface area contributed by atoms with Crippen LogP contribution in [0.3, 0.4) is 0 Å². The second-order valence-corrected chi connectivity index (χ2v) is 6.86. The van der Waals surface area contributed by atoms with Gasteiger partial charge in [-0.3, -0.25) is 0 Å². The van der Waals surface area contributed by atoms with Gasteiger partial charge in [0.2, 0.25) is 10.0 Å². The molecule has 0 fully saturated rings. The first kappa shape index (κ1) is 15.6. The summed E-state index contributed by atoms with van der Waals surface area (Å²) in [6, 6.07) is 8.01. The fourth-order valence-corrected chi connectivity index (χ4v) is 3.12. The summed E-state index contributed by atoms with van der Waals surface area (Å²) < 4.78 is 25.8. The first-order valence-electron chi connectivity index (χ1n) is 5.94. The van der Waals surface area contributed by atoms with Gasteiger partial charge in [0.1, 0.15) is 10.6 Å². The fourth-order valence-electron chi connectivity index (χ4n) is 1.78. The number of carboxylic acids is 1. The Morgan fingerprint density at radius 1 is 1.38 bits per heavy atom. The van der Waals surface area contributed by atoms with Crippen LogP contribution in [0.25, 0.3) is 0 Å². The minimum Gasteiger partial charge on any atom is -0.477 e. The number of nitrogens with zero attached hydrogens (tertiary/aromatic N) is 1. The monoisotopic (exact) mass is 328 g/mol. The highest BCUT2D eigenvalue weighted by Gasteiger charge is 2.24. The summed E-state index contributed by atoms with van der Waals surface area (Å²) in [4.78, 5) is 13.1. The lowest BCUT2D eigenvalue weighted by Gasteiger charge is -2.17. The quantitative estimate of drug-likeness (QED) is 0.880. The molecule has 0 atom stereocenters. The van der Waals surface area contributed by atoms with Crippen LogP contribution in [-0.2, 0) is 16.6 Å². The highest BCUT2D eigenvalue weighted by atomic mass is 35.5. The summed E-state index contributed by atoms with van der Waals surface area (Å²) >= 11 is 6.00. The number of carbonyl (C=O) groups is 1. The molecule has 21 heavy (non-hydrogen) atoms. The van der Waals surface area contributed by atoms with E-state index in [0.717, 1.165) is 16.6 Å². The third-order valence-electron chi connectivity index (χ3n) is 2.95. The van der Waals surface area contributed by atoms with Gasteiger partial charge in [-0.25, -0.2) is 13.2 Å². The van der Waals surface area contributed by atoms with E-state index in [1.807, 2.05) is 0 Å². The zero-order valence-electron chi connectivity index (χ0n) is 11.1. The molecule has 0 radical (unpaired) electrons. The second kappa shape index (κ2) is 5.88. The van der Waals surface area contributed by atoms with Crippen molar-refractivity contribution < 1.29 is 18.3 Å². The molecule has 0 amide bonds. The van der Waals surface area contributed by atoms with Crippen molar-refractivity contribution >= 4 is 27.6 Å². The molecule has 0 spiro atoms. The number of nitrogens with one attached hydrogen (secondary N) is 1. The molecule has 0 aliphatic carbocycles. The first-order chi connectivity index (χ1) is 9.82. The number of H-pyrrole nitrogens is 1. The number of aromatic carboxylic acids is 1. The van der Waals surface area contributed by atoms with Crippen LogP contribution in [0.1, 0.15) is 16.1 Å². The first-order valence-corrected chi connectivity index (χ1v) is 7.75. The normalized spacial score (nSPS) is 11.8. The van der Waals surface area contributed by atoms with E-state index in [1.54, 1.807) is 24.3 Å². The number of benzene rings is 1. The second-order valence-electron chi connectivity index (χ2n) is 4.41. The van der Waals surface area contributed by atoms with Crippen LogP contribution in [0.2, 0.25) is 5.02 Å². The van der Waals surface area contributed by atoms with E-state index in [0.29, 0.717) is 10.6 Å². The van der Waals surface area contributed by atoms with Gasteiger partial charge >= 0.3 is 5.97 Å². The Morgan fingerprint density at radius 3 is 2.62 bits per heavy atom. The van der Waals surface area contributed by atoms with E-state index in [-0.39, 0.29) is 17.1 Å². The maximum absolute atomic E-state index is 12.4. The molecule has 8 heteroatoms. The van der Waals surface area contributed by atoms with Gasteiger partial charge in [0.15, 0.2) is 0 Å². The summed E-state index contributed by atoms with van der Waals surface area (Å²) in [7, 11) is -2.38. The zero-order chi connectivity index (χ0) is 15.6. The lowest BCUT2D eigenvalue weighted by atomic mass is 10.2. The SMILES string of the molecule is CN(Cc1ccccc1Cl)S(=O)(=O)c1c[nH]c(C(=O)O)c1. The van der Waals surface area contributed by atoms with Crippen molar-refractivity contribution in [2.75, 3.05) is 7.05 Å². The van der Waals surface area contributed by atoms with E-state index in [1.165, 1.54) is 7.05 Å². The highest BCUT2D eigenvalue weighted by Crippen LogP contribution is 2.21. The summed E-state index contributed by atoms with van der Waals surface area (Å²) in [5.74, 6) is -1.22. The van der Waals surface area contributed by atoms with Crippen molar-refractivity contribution in [3.63, 3.8) is 0 Å². The van der Waals surface area contributed by atoms with E-state index in [2.05, 4.69) is 4.98 Å². The summed E-state index contributed by atoms with van der Waals surface area (Å²) in [5.41, 5.74) is 0.485. The fraction of sp³-hybridized carbons (Fsp3) is 0.154. The molecule has 1 heterocycles. The largest absolute Gasteiger partial charge is 0.477 e. The Labute approximate surface area is 127 Å². The van der Waals surface area contributed by atoms with Crippen molar-refractivity contribution in [2.24, 2.45) is 0 Å². The molecular weight excluding hydrogens is 316 g/mol. The van der Waals surface area contributed by atoms with Crippen molar-refractivity contribution in [1.29, 1.82) is 0 Å². The van der Waals surface area contributed by atoms with Crippen LogP contribution >= 0.6 is 11.6 Å². The van der Waals surface area contributed by atoms with Crippen LogP contribution < -0.4 is 0 Å². The molecule has 2 aromatic rings. The van der Waals surface area contributed by atoms with Crippen molar-refractivity contribution in [2.45, 2.75) is 11.4 Å². The molecule has 1 aromatic carbocycles. The molecule has 6 nitrogen and oxygen atoms in total. The highest BCUT2D eigenvalue weighted by molar-refractivity contribution is 7.89. The molecule has 0 bridgehead atoms. The summed E-state index contributed by atoms with van der Waals surface area (Å²) in [6.07, 6.45) is 1.15. The number of aromatic amines is 1. The predicted octanol–water partition coefficient (Wildman–Crippen LogP) is 2.19. The topological polar surface area (TPSA) is 90.5 Å². The van der Waals surface area contributed by atoms with Crippen LogP contribution in [-0.4, -0.2) is 35.8 Å². The van der Waals surface area contributed by atoms with E-state index >= 15 is 0 Å². The summed E-state index contributed by atoms with van der Waals surface area (Å²) in [6.45, 7) is 0.0928. The Hall–Kier alpha value is -1.83. The summed E-state index contributed by atoms with van der Waals surface area (Å²) in [5, 5.41) is 9.29. The van der Waals surface area contributed by atoms with Gasteiger partial charge in [-0.05, 0) is 17.7 Å². The number of sulfonamides is 1. The smallest absolute Gasteiger partial charge is 0.352 e. The van der Waals surface area contributed by atoms with Crippen molar-refractivity contribution in [3.8, 4) is 0 Å². The van der Waals surface area contributed by atoms with Gasteiger partial charge < -0.3 is 10.1 Å². The van der Waals surface area contributed by atoms with Gasteiger partial charge in [0.05, 0.1) is 0 Å².